The van der Waals surface area contributed by atoms with Gasteiger partial charge in [-0.3, -0.25) is 0 Å². The lowest BCUT2D eigenvalue weighted by Crippen LogP contribution is -2.31. The van der Waals surface area contributed by atoms with Crippen LogP contribution in [0.3, 0.4) is 0 Å². The second-order valence-corrected chi connectivity index (χ2v) is 7.53. The summed E-state index contributed by atoms with van der Waals surface area (Å²) in [6.07, 6.45) is -0.129. The van der Waals surface area contributed by atoms with E-state index in [1.165, 1.54) is 22.3 Å². The zero-order valence-electron chi connectivity index (χ0n) is 15.8. The molecule has 0 saturated heterocycles. The maximum Gasteiger partial charge on any atom is 0.407 e. The van der Waals surface area contributed by atoms with E-state index in [4.69, 9.17) is 16.3 Å². The summed E-state index contributed by atoms with van der Waals surface area (Å²) in [4.78, 5) is 12.5. The van der Waals surface area contributed by atoms with Crippen molar-refractivity contribution >= 4 is 17.7 Å². The summed E-state index contributed by atoms with van der Waals surface area (Å²) in [6, 6.07) is 23.3. The van der Waals surface area contributed by atoms with Crippen molar-refractivity contribution in [3.05, 3.63) is 94.5 Å². The summed E-state index contributed by atoms with van der Waals surface area (Å²) in [5, 5.41) is 12.8. The third kappa shape index (κ3) is 4.14. The van der Waals surface area contributed by atoms with Gasteiger partial charge >= 0.3 is 6.09 Å². The number of hydrogen-bond acceptors (Lipinski definition) is 3. The van der Waals surface area contributed by atoms with E-state index in [1.54, 1.807) is 12.1 Å². The second kappa shape index (κ2) is 8.68. The summed E-state index contributed by atoms with van der Waals surface area (Å²) in [5.41, 5.74) is 5.55. The number of hydrogen-bond donors (Lipinski definition) is 2. The van der Waals surface area contributed by atoms with E-state index in [1.807, 2.05) is 36.4 Å². The summed E-state index contributed by atoms with van der Waals surface area (Å²) >= 11 is 6.06. The highest BCUT2D eigenvalue weighted by molar-refractivity contribution is 6.30. The van der Waals surface area contributed by atoms with E-state index in [0.717, 1.165) is 5.56 Å². The topological polar surface area (TPSA) is 58.6 Å². The molecule has 1 aliphatic carbocycles. The van der Waals surface area contributed by atoms with Crippen LogP contribution < -0.4 is 5.32 Å². The van der Waals surface area contributed by atoms with Gasteiger partial charge in [0.15, 0.2) is 0 Å². The van der Waals surface area contributed by atoms with Gasteiger partial charge in [0.25, 0.3) is 0 Å². The number of rotatable bonds is 6. The van der Waals surface area contributed by atoms with Crippen LogP contribution in [0.2, 0.25) is 5.02 Å². The van der Waals surface area contributed by atoms with Crippen LogP contribution in [0.25, 0.3) is 11.1 Å². The first kappa shape index (κ1) is 19.5. The van der Waals surface area contributed by atoms with Crippen molar-refractivity contribution in [2.75, 3.05) is 13.2 Å². The first-order valence-electron chi connectivity index (χ1n) is 9.65. The number of ether oxygens (including phenoxy) is 1. The van der Waals surface area contributed by atoms with Gasteiger partial charge in [-0.1, -0.05) is 72.3 Å². The van der Waals surface area contributed by atoms with Gasteiger partial charge in [-0.2, -0.15) is 0 Å². The van der Waals surface area contributed by atoms with Crippen molar-refractivity contribution in [3.8, 4) is 11.1 Å². The Kier molecular flexibility index (Phi) is 5.84. The molecule has 0 aliphatic heterocycles. The quantitative estimate of drug-likeness (QED) is 0.582. The molecule has 1 atom stereocenters. The maximum atomic E-state index is 12.5. The van der Waals surface area contributed by atoms with Gasteiger partial charge in [0.05, 0.1) is 6.04 Å². The molecule has 29 heavy (non-hydrogen) atoms. The molecule has 0 aromatic heterocycles. The van der Waals surface area contributed by atoms with Gasteiger partial charge in [0, 0.05) is 17.5 Å². The predicted molar refractivity (Wildman–Crippen MR) is 114 cm³/mol. The third-order valence-electron chi connectivity index (χ3n) is 5.30. The van der Waals surface area contributed by atoms with Gasteiger partial charge in [-0.05, 0) is 46.4 Å². The van der Waals surface area contributed by atoms with Gasteiger partial charge in [0.1, 0.15) is 6.61 Å². The maximum absolute atomic E-state index is 12.5. The molecule has 3 aromatic carbocycles. The minimum Gasteiger partial charge on any atom is -0.449 e. The second-order valence-electron chi connectivity index (χ2n) is 7.09. The summed E-state index contributed by atoms with van der Waals surface area (Å²) in [7, 11) is 0. The number of benzene rings is 3. The van der Waals surface area contributed by atoms with Crippen molar-refractivity contribution in [1.29, 1.82) is 0 Å². The number of fused-ring (bicyclic) bond motifs is 3. The van der Waals surface area contributed by atoms with E-state index in [-0.39, 0.29) is 25.2 Å². The highest BCUT2D eigenvalue weighted by atomic mass is 35.5. The lowest BCUT2D eigenvalue weighted by atomic mass is 9.98. The zero-order valence-corrected chi connectivity index (χ0v) is 16.6. The van der Waals surface area contributed by atoms with Crippen LogP contribution in [0.1, 0.15) is 35.1 Å². The first-order chi connectivity index (χ1) is 14.2. The minimum atomic E-state index is -0.509. The standard InChI is InChI=1S/C24H22ClNO3/c25-17-7-5-6-16(14-17)23(12-13-27)26-24(28)29-15-22-20-10-3-1-8-18(20)19-9-2-4-11-21(19)22/h1-11,14,22-23,27H,12-13,15H2,(H,26,28). The highest BCUT2D eigenvalue weighted by Crippen LogP contribution is 2.44. The Morgan fingerprint density at radius 2 is 1.66 bits per heavy atom. The van der Waals surface area contributed by atoms with Crippen LogP contribution in [0.4, 0.5) is 4.79 Å². The van der Waals surface area contributed by atoms with Crippen LogP contribution in [0, 0.1) is 0 Å². The van der Waals surface area contributed by atoms with Gasteiger partial charge in [-0.15, -0.1) is 0 Å². The van der Waals surface area contributed by atoms with Crippen molar-refractivity contribution in [2.24, 2.45) is 0 Å². The largest absolute Gasteiger partial charge is 0.449 e. The molecule has 5 heteroatoms. The van der Waals surface area contributed by atoms with Crippen LogP contribution in [0.5, 0.6) is 0 Å². The van der Waals surface area contributed by atoms with Crippen LogP contribution in [0.15, 0.2) is 72.8 Å². The fourth-order valence-electron chi connectivity index (χ4n) is 3.96. The molecule has 148 valence electrons. The number of halogens is 1. The highest BCUT2D eigenvalue weighted by Gasteiger charge is 2.29. The van der Waals surface area contributed by atoms with Crippen LogP contribution in [-0.2, 0) is 4.74 Å². The number of nitrogens with one attached hydrogen (secondary N) is 1. The minimum absolute atomic E-state index is 0.00983. The van der Waals surface area contributed by atoms with Crippen molar-refractivity contribution in [2.45, 2.75) is 18.4 Å². The summed E-state index contributed by atoms with van der Waals surface area (Å²) in [6.45, 7) is 0.197. The summed E-state index contributed by atoms with van der Waals surface area (Å²) < 4.78 is 5.60. The summed E-state index contributed by atoms with van der Waals surface area (Å²) in [5.74, 6) is 0.00983. The smallest absolute Gasteiger partial charge is 0.407 e. The van der Waals surface area contributed by atoms with Crippen LogP contribution in [-0.4, -0.2) is 24.4 Å². The molecule has 0 radical (unpaired) electrons. The Labute approximate surface area is 175 Å². The molecule has 4 rings (SSSR count). The Bertz CT molecular complexity index is 975. The SMILES string of the molecule is O=C(NC(CCO)c1cccc(Cl)c1)OCC1c2ccccc2-c2ccccc21. The molecule has 0 spiro atoms. The lowest BCUT2D eigenvalue weighted by molar-refractivity contribution is 0.136. The Morgan fingerprint density at radius 3 is 2.28 bits per heavy atom. The van der Waals surface area contributed by atoms with Crippen molar-refractivity contribution in [1.82, 2.24) is 5.32 Å². The molecule has 2 N–H and O–H groups in total. The molecule has 3 aromatic rings. The number of aliphatic hydroxyl groups excluding tert-OH is 1. The molecule has 0 heterocycles. The van der Waals surface area contributed by atoms with Gasteiger partial charge < -0.3 is 15.2 Å². The van der Waals surface area contributed by atoms with E-state index >= 15 is 0 Å². The molecule has 4 nitrogen and oxygen atoms in total. The molecular weight excluding hydrogens is 386 g/mol. The van der Waals surface area contributed by atoms with Crippen molar-refractivity contribution in [3.63, 3.8) is 0 Å². The molecule has 1 aliphatic rings. The van der Waals surface area contributed by atoms with Gasteiger partial charge in [-0.25, -0.2) is 4.79 Å². The number of aliphatic hydroxyl groups is 1. The normalized spacial score (nSPS) is 13.4. The monoisotopic (exact) mass is 407 g/mol. The molecule has 0 fully saturated rings. The number of carbonyl (C=O) groups is 1. The van der Waals surface area contributed by atoms with E-state index in [9.17, 15) is 9.90 Å². The molecular formula is C24H22ClNO3. The number of amides is 1. The van der Waals surface area contributed by atoms with Crippen molar-refractivity contribution < 1.29 is 14.6 Å². The number of alkyl carbamates (subject to hydrolysis) is 1. The molecule has 0 saturated carbocycles. The van der Waals surface area contributed by atoms with E-state index < -0.39 is 6.09 Å². The average Bonchev–Trinajstić information content (AvgIpc) is 3.06. The van der Waals surface area contributed by atoms with E-state index in [0.29, 0.717) is 11.4 Å². The number of carbonyl (C=O) groups excluding carboxylic acids is 1. The Hall–Kier alpha value is -2.82. The Balaban J connectivity index is 1.47. The zero-order chi connectivity index (χ0) is 20.2. The lowest BCUT2D eigenvalue weighted by Gasteiger charge is -2.20. The third-order valence-corrected chi connectivity index (χ3v) is 5.54. The predicted octanol–water partition coefficient (Wildman–Crippen LogP) is 5.30. The fraction of sp³-hybridized carbons (Fsp3) is 0.208. The molecule has 1 unspecified atom stereocenters. The molecule has 1 amide bonds. The van der Waals surface area contributed by atoms with Crippen LogP contribution >= 0.6 is 11.6 Å². The average molecular weight is 408 g/mol. The molecule has 0 bridgehead atoms. The van der Waals surface area contributed by atoms with Gasteiger partial charge in [0.2, 0.25) is 0 Å². The fourth-order valence-corrected chi connectivity index (χ4v) is 4.16. The first-order valence-corrected chi connectivity index (χ1v) is 10.0. The van der Waals surface area contributed by atoms with E-state index in [2.05, 4.69) is 29.6 Å². The Morgan fingerprint density at radius 1 is 1.00 bits per heavy atom.